The number of nitrogens with one attached hydrogen (secondary N) is 1. The largest absolute Gasteiger partial charge is 0.424 e. The molecule has 2 rings (SSSR count). The van der Waals surface area contributed by atoms with Gasteiger partial charge < -0.3 is 4.74 Å². The van der Waals surface area contributed by atoms with E-state index in [1.165, 1.54) is 0 Å². The lowest BCUT2D eigenvalue weighted by atomic mass is 10.2. The Morgan fingerprint density at radius 3 is 2.64 bits per heavy atom. The molecule has 0 aliphatic rings. The van der Waals surface area contributed by atoms with Crippen LogP contribution in [0.25, 0.3) is 0 Å². The van der Waals surface area contributed by atoms with Crippen molar-refractivity contribution in [2.45, 2.75) is 6.61 Å². The Morgan fingerprint density at radius 2 is 1.95 bits per heavy atom. The minimum absolute atomic E-state index is 0.0706. The van der Waals surface area contributed by atoms with E-state index in [9.17, 15) is 0 Å². The highest BCUT2D eigenvalue weighted by molar-refractivity contribution is 6.35. The van der Waals surface area contributed by atoms with E-state index in [0.717, 1.165) is 5.56 Å². The molecule has 0 fully saturated rings. The number of ether oxygens (including phenoxy) is 1. The number of aliphatic imine (C=N–C) groups is 1. The summed E-state index contributed by atoms with van der Waals surface area (Å²) in [4.78, 5) is 8.74. The molecule has 0 aliphatic heterocycles. The molecule has 0 saturated heterocycles. The molecule has 112 valence electrons. The third-order valence-corrected chi connectivity index (χ3v) is 3.10. The molecule has 0 heterocycles. The number of amidine groups is 1. The molecule has 0 aliphatic carbocycles. The number of rotatable bonds is 4. The molecule has 0 amide bonds. The first-order valence-electron chi connectivity index (χ1n) is 6.20. The van der Waals surface area contributed by atoms with Gasteiger partial charge in [-0.15, -0.1) is 4.99 Å². The van der Waals surface area contributed by atoms with Crippen molar-refractivity contribution in [1.29, 1.82) is 5.26 Å². The van der Waals surface area contributed by atoms with E-state index in [4.69, 9.17) is 38.0 Å². The van der Waals surface area contributed by atoms with E-state index in [1.54, 1.807) is 48.7 Å². The second-order valence-electron chi connectivity index (χ2n) is 4.06. The van der Waals surface area contributed by atoms with Gasteiger partial charge >= 0.3 is 6.02 Å². The molecular weight excluding hydrogens is 325 g/mol. The summed E-state index contributed by atoms with van der Waals surface area (Å²) in [7, 11) is 0. The van der Waals surface area contributed by atoms with Gasteiger partial charge in [-0.1, -0.05) is 47.5 Å². The molecule has 0 spiro atoms. The van der Waals surface area contributed by atoms with Crippen LogP contribution in [0.4, 0.5) is 0 Å². The van der Waals surface area contributed by atoms with Gasteiger partial charge in [0.2, 0.25) is 6.19 Å². The van der Waals surface area contributed by atoms with Crippen molar-refractivity contribution in [3.63, 3.8) is 0 Å². The minimum Gasteiger partial charge on any atom is -0.424 e. The molecule has 0 unspecified atom stereocenters. The van der Waals surface area contributed by atoms with Crippen LogP contribution in [0.15, 0.2) is 53.5 Å². The number of hydrogen-bond donors (Lipinski definition) is 1. The molecule has 0 saturated carbocycles. The molecule has 0 radical (unpaired) electrons. The summed E-state index contributed by atoms with van der Waals surface area (Å²) in [6.45, 7) is 0.151. The number of hydroxylamine groups is 1. The predicted octanol–water partition coefficient (Wildman–Crippen LogP) is 3.93. The van der Waals surface area contributed by atoms with Gasteiger partial charge in [0.15, 0.2) is 0 Å². The highest BCUT2D eigenvalue weighted by Crippen LogP contribution is 2.21. The fourth-order valence-electron chi connectivity index (χ4n) is 1.53. The average Bonchev–Trinajstić information content (AvgIpc) is 2.50. The van der Waals surface area contributed by atoms with Crippen molar-refractivity contribution in [3.05, 3.63) is 64.1 Å². The lowest BCUT2D eigenvalue weighted by molar-refractivity contribution is 0.0609. The van der Waals surface area contributed by atoms with Gasteiger partial charge in [0.05, 0.1) is 0 Å². The van der Waals surface area contributed by atoms with Crippen molar-refractivity contribution < 1.29 is 9.57 Å². The summed E-state index contributed by atoms with van der Waals surface area (Å²) >= 11 is 11.8. The number of nitrogens with zero attached hydrogens (tertiary/aromatic N) is 2. The van der Waals surface area contributed by atoms with Crippen molar-refractivity contribution in [3.8, 4) is 11.9 Å². The van der Waals surface area contributed by atoms with Crippen LogP contribution in [0.1, 0.15) is 5.56 Å². The van der Waals surface area contributed by atoms with E-state index in [0.29, 0.717) is 15.8 Å². The van der Waals surface area contributed by atoms with Gasteiger partial charge in [0, 0.05) is 10.0 Å². The maximum Gasteiger partial charge on any atom is 0.330 e. The van der Waals surface area contributed by atoms with Gasteiger partial charge in [-0.3, -0.25) is 4.84 Å². The molecular formula is C15H11Cl2N3O2. The molecule has 7 heteroatoms. The van der Waals surface area contributed by atoms with Crippen LogP contribution in [-0.4, -0.2) is 6.02 Å². The van der Waals surface area contributed by atoms with Gasteiger partial charge in [-0.25, -0.2) is 5.48 Å². The van der Waals surface area contributed by atoms with E-state index >= 15 is 0 Å². The van der Waals surface area contributed by atoms with E-state index in [-0.39, 0.29) is 12.6 Å². The van der Waals surface area contributed by atoms with Crippen molar-refractivity contribution in [2.75, 3.05) is 0 Å². The third-order valence-electron chi connectivity index (χ3n) is 2.51. The smallest absolute Gasteiger partial charge is 0.330 e. The summed E-state index contributed by atoms with van der Waals surface area (Å²) in [5.41, 5.74) is 3.20. The third kappa shape index (κ3) is 4.93. The minimum atomic E-state index is -0.0706. The first-order valence-corrected chi connectivity index (χ1v) is 6.96. The molecule has 2 aromatic rings. The number of nitriles is 1. The van der Waals surface area contributed by atoms with Crippen LogP contribution in [0, 0.1) is 11.5 Å². The standard InChI is InChI=1S/C15H11Cl2N3O2/c16-12-7-6-11(14(17)8-12)9-21-20-15(19-10-18)22-13-4-2-1-3-5-13/h1-8H,9H2,(H,19,20). The molecule has 0 bridgehead atoms. The van der Waals surface area contributed by atoms with Crippen LogP contribution in [-0.2, 0) is 11.4 Å². The van der Waals surface area contributed by atoms with E-state index in [1.807, 2.05) is 6.07 Å². The molecule has 0 atom stereocenters. The highest BCUT2D eigenvalue weighted by Gasteiger charge is 2.05. The van der Waals surface area contributed by atoms with Crippen LogP contribution < -0.4 is 10.2 Å². The zero-order valence-corrected chi connectivity index (χ0v) is 12.8. The van der Waals surface area contributed by atoms with Gasteiger partial charge in [0.1, 0.15) is 12.4 Å². The summed E-state index contributed by atoms with van der Waals surface area (Å²) in [6, 6.07) is 13.9. The Hall–Kier alpha value is -2.26. The Balaban J connectivity index is 1.93. The fraction of sp³-hybridized carbons (Fsp3) is 0.0667. The maximum atomic E-state index is 8.66. The Bertz CT molecular complexity index is 700. The van der Waals surface area contributed by atoms with Gasteiger partial charge in [-0.05, 0) is 29.8 Å². The van der Waals surface area contributed by atoms with Crippen molar-refractivity contribution in [2.24, 2.45) is 4.99 Å². The first-order chi connectivity index (χ1) is 10.7. The lowest BCUT2D eigenvalue weighted by Crippen LogP contribution is -2.28. The molecule has 5 nitrogen and oxygen atoms in total. The number of para-hydroxylation sites is 1. The summed E-state index contributed by atoms with van der Waals surface area (Å²) < 4.78 is 5.38. The first kappa shape index (κ1) is 16.1. The second-order valence-corrected chi connectivity index (χ2v) is 4.90. The Morgan fingerprint density at radius 1 is 1.18 bits per heavy atom. The summed E-state index contributed by atoms with van der Waals surface area (Å²) in [5.74, 6) is 0.525. The summed E-state index contributed by atoms with van der Waals surface area (Å²) in [6.07, 6.45) is 1.63. The highest BCUT2D eigenvalue weighted by atomic mass is 35.5. The molecule has 2 aromatic carbocycles. The molecule has 22 heavy (non-hydrogen) atoms. The Kier molecular flexibility index (Phi) is 6.04. The van der Waals surface area contributed by atoms with Crippen LogP contribution >= 0.6 is 23.2 Å². The SMILES string of the molecule is N#CN=C(NOCc1ccc(Cl)cc1Cl)Oc1ccccc1. The zero-order chi connectivity index (χ0) is 15.8. The van der Waals surface area contributed by atoms with Crippen molar-refractivity contribution in [1.82, 2.24) is 5.48 Å². The summed E-state index contributed by atoms with van der Waals surface area (Å²) in [5, 5.41) is 9.68. The van der Waals surface area contributed by atoms with E-state index in [2.05, 4.69) is 10.5 Å². The normalized spacial score (nSPS) is 10.9. The molecule has 1 N–H and O–H groups in total. The molecule has 0 aromatic heterocycles. The predicted molar refractivity (Wildman–Crippen MR) is 84.5 cm³/mol. The number of halogens is 2. The quantitative estimate of drug-likeness (QED) is 0.398. The Labute approximate surface area is 137 Å². The van der Waals surface area contributed by atoms with Crippen LogP contribution in [0.3, 0.4) is 0 Å². The van der Waals surface area contributed by atoms with Gasteiger partial charge in [-0.2, -0.15) is 5.26 Å². The van der Waals surface area contributed by atoms with Crippen molar-refractivity contribution >= 4 is 29.2 Å². The van der Waals surface area contributed by atoms with Crippen LogP contribution in [0.2, 0.25) is 10.0 Å². The topological polar surface area (TPSA) is 66.6 Å². The van der Waals surface area contributed by atoms with Gasteiger partial charge in [0.25, 0.3) is 0 Å². The van der Waals surface area contributed by atoms with E-state index < -0.39 is 0 Å². The fourth-order valence-corrected chi connectivity index (χ4v) is 1.99. The monoisotopic (exact) mass is 335 g/mol. The average molecular weight is 336 g/mol. The lowest BCUT2D eigenvalue weighted by Gasteiger charge is -2.10. The number of hydrogen-bond acceptors (Lipinski definition) is 4. The second kappa shape index (κ2) is 8.25. The maximum absolute atomic E-state index is 8.66. The number of benzene rings is 2. The zero-order valence-electron chi connectivity index (χ0n) is 11.3. The van der Waals surface area contributed by atoms with Crippen LogP contribution in [0.5, 0.6) is 5.75 Å².